The van der Waals surface area contributed by atoms with Crippen molar-refractivity contribution in [1.82, 2.24) is 5.32 Å². The summed E-state index contributed by atoms with van der Waals surface area (Å²) in [6.07, 6.45) is 56.9. The quantitative estimate of drug-likeness (QED) is 0.0215. The second-order valence-corrected chi connectivity index (χ2v) is 22.8. The van der Waals surface area contributed by atoms with E-state index in [9.17, 15) is 40.5 Å². The molecule has 8 N–H and O–H groups in total. The van der Waals surface area contributed by atoms with Crippen molar-refractivity contribution in [2.45, 2.75) is 358 Å². The van der Waals surface area contributed by atoms with E-state index in [0.29, 0.717) is 12.8 Å². The summed E-state index contributed by atoms with van der Waals surface area (Å²) in [4.78, 5) is 13.2. The highest BCUT2D eigenvalue weighted by Gasteiger charge is 2.44. The minimum Gasteiger partial charge on any atom is -0.394 e. The molecule has 11 nitrogen and oxygen atoms in total. The topological polar surface area (TPSA) is 189 Å². The predicted octanol–water partition coefficient (Wildman–Crippen LogP) is 14.6. The third-order valence-corrected chi connectivity index (χ3v) is 15.7. The van der Waals surface area contributed by atoms with Crippen LogP contribution in [0.2, 0.25) is 0 Å². The Labute approximate surface area is 467 Å². The first-order valence-corrected chi connectivity index (χ1v) is 32.4. The molecule has 0 saturated carbocycles. The molecule has 1 amide bonds. The van der Waals surface area contributed by atoms with Crippen LogP contribution in [0.5, 0.6) is 0 Å². The molecular weight excluding hydrogens is 955 g/mol. The van der Waals surface area contributed by atoms with Crippen LogP contribution in [0.25, 0.3) is 0 Å². The van der Waals surface area contributed by atoms with Gasteiger partial charge >= 0.3 is 0 Å². The third-order valence-electron chi connectivity index (χ3n) is 15.7. The van der Waals surface area contributed by atoms with Gasteiger partial charge in [0, 0.05) is 0 Å². The second kappa shape index (κ2) is 53.9. The number of hydrogen-bond acceptors (Lipinski definition) is 10. The number of carbonyl (C=O) groups excluding carboxylic acids is 1. The zero-order valence-corrected chi connectivity index (χ0v) is 49.2. The van der Waals surface area contributed by atoms with Crippen molar-refractivity contribution < 1.29 is 50.0 Å². The molecule has 0 spiro atoms. The molecule has 9 atom stereocenters. The molecule has 448 valence electrons. The van der Waals surface area contributed by atoms with Gasteiger partial charge in [-0.25, -0.2) is 0 Å². The SMILES string of the molecule is CCCCCCCC/C=C/CCCC(O)C(O)C(COC1OC(CO)C(O)C(O)C1O)NC(=O)C(O)CCCCCCCCCCCCCCCCCC/C=C\C/C=C\CCCCCCCCCCCCCCCCC. The lowest BCUT2D eigenvalue weighted by atomic mass is 9.98. The zero-order valence-electron chi connectivity index (χ0n) is 49.2. The highest BCUT2D eigenvalue weighted by atomic mass is 16.7. The smallest absolute Gasteiger partial charge is 0.249 e. The fourth-order valence-electron chi connectivity index (χ4n) is 10.4. The fourth-order valence-corrected chi connectivity index (χ4v) is 10.4. The molecule has 1 rings (SSSR count). The minimum atomic E-state index is -1.67. The molecule has 1 heterocycles. The van der Waals surface area contributed by atoms with Crippen LogP contribution < -0.4 is 5.32 Å². The molecule has 9 unspecified atom stereocenters. The van der Waals surface area contributed by atoms with Crippen molar-refractivity contribution >= 4 is 5.91 Å². The van der Waals surface area contributed by atoms with Crippen molar-refractivity contribution in [3.8, 4) is 0 Å². The van der Waals surface area contributed by atoms with Gasteiger partial charge in [-0.1, -0.05) is 269 Å². The van der Waals surface area contributed by atoms with Gasteiger partial charge < -0.3 is 50.5 Å². The van der Waals surface area contributed by atoms with Crippen molar-refractivity contribution in [2.24, 2.45) is 0 Å². The Balaban J connectivity index is 2.10. The zero-order chi connectivity index (χ0) is 55.4. The molecule has 0 aliphatic carbocycles. The Bertz CT molecular complexity index is 1330. The van der Waals surface area contributed by atoms with Crippen LogP contribution in [0.1, 0.15) is 303 Å². The van der Waals surface area contributed by atoms with Crippen LogP contribution in [0.15, 0.2) is 36.5 Å². The molecule has 1 aliphatic heterocycles. The van der Waals surface area contributed by atoms with Gasteiger partial charge in [0.05, 0.1) is 25.4 Å². The van der Waals surface area contributed by atoms with E-state index >= 15 is 0 Å². The van der Waals surface area contributed by atoms with Gasteiger partial charge in [0.2, 0.25) is 5.91 Å². The first kappa shape index (κ1) is 72.3. The molecule has 1 fully saturated rings. The van der Waals surface area contributed by atoms with E-state index in [1.54, 1.807) is 0 Å². The van der Waals surface area contributed by atoms with Gasteiger partial charge in [0.1, 0.15) is 36.6 Å². The lowest BCUT2D eigenvalue weighted by Gasteiger charge is -2.40. The summed E-state index contributed by atoms with van der Waals surface area (Å²) in [5.41, 5.74) is 0. The Hall–Kier alpha value is -1.67. The summed E-state index contributed by atoms with van der Waals surface area (Å²) >= 11 is 0. The lowest BCUT2D eigenvalue weighted by molar-refractivity contribution is -0.303. The van der Waals surface area contributed by atoms with Crippen LogP contribution >= 0.6 is 0 Å². The average Bonchev–Trinajstić information content (AvgIpc) is 3.42. The second-order valence-electron chi connectivity index (χ2n) is 22.8. The highest BCUT2D eigenvalue weighted by Crippen LogP contribution is 2.24. The first-order chi connectivity index (χ1) is 37.2. The number of rotatable bonds is 56. The van der Waals surface area contributed by atoms with Crippen LogP contribution in [0.4, 0.5) is 0 Å². The number of carbonyl (C=O) groups is 1. The molecule has 0 aromatic rings. The Morgan fingerprint density at radius 2 is 0.816 bits per heavy atom. The van der Waals surface area contributed by atoms with Crippen molar-refractivity contribution in [2.75, 3.05) is 13.2 Å². The summed E-state index contributed by atoms with van der Waals surface area (Å²) < 4.78 is 11.1. The van der Waals surface area contributed by atoms with Crippen LogP contribution in [-0.4, -0.2) is 110 Å². The number of hydrogen-bond donors (Lipinski definition) is 8. The molecule has 76 heavy (non-hydrogen) atoms. The molecule has 1 saturated heterocycles. The normalized spacial score (nSPS) is 19.8. The van der Waals surface area contributed by atoms with Gasteiger partial charge in [-0.05, 0) is 70.6 Å². The van der Waals surface area contributed by atoms with E-state index in [0.717, 1.165) is 44.9 Å². The van der Waals surface area contributed by atoms with E-state index in [4.69, 9.17) is 9.47 Å². The van der Waals surface area contributed by atoms with Crippen molar-refractivity contribution in [3.63, 3.8) is 0 Å². The van der Waals surface area contributed by atoms with Crippen molar-refractivity contribution in [1.29, 1.82) is 0 Å². The summed E-state index contributed by atoms with van der Waals surface area (Å²) in [5.74, 6) is -0.705. The fraction of sp³-hybridized carbons (Fsp3) is 0.892. The third kappa shape index (κ3) is 41.4. The molecule has 0 aromatic carbocycles. The summed E-state index contributed by atoms with van der Waals surface area (Å²) in [7, 11) is 0. The maximum atomic E-state index is 13.2. The van der Waals surface area contributed by atoms with Gasteiger partial charge in [0.25, 0.3) is 0 Å². The van der Waals surface area contributed by atoms with Crippen LogP contribution in [-0.2, 0) is 14.3 Å². The number of allylic oxidation sites excluding steroid dienone is 6. The monoisotopic (exact) mass is 1080 g/mol. The lowest BCUT2D eigenvalue weighted by Crippen LogP contribution is -2.60. The Morgan fingerprint density at radius 3 is 1.21 bits per heavy atom. The minimum absolute atomic E-state index is 0.255. The largest absolute Gasteiger partial charge is 0.394 e. The van der Waals surface area contributed by atoms with Crippen molar-refractivity contribution in [3.05, 3.63) is 36.5 Å². The number of ether oxygens (including phenoxy) is 2. The average molecular weight is 1080 g/mol. The van der Waals surface area contributed by atoms with Gasteiger partial charge in [-0.2, -0.15) is 0 Å². The molecule has 1 aliphatic rings. The van der Waals surface area contributed by atoms with Gasteiger partial charge in [-0.3, -0.25) is 4.79 Å². The van der Waals surface area contributed by atoms with E-state index in [1.807, 2.05) is 0 Å². The standard InChI is InChI=1S/C65H123NO10/c1-3-5-7-9-11-13-15-16-17-18-19-20-21-22-23-24-25-26-27-28-29-30-31-32-33-34-35-36-37-38-39-40-41-43-45-47-49-51-53-58(69)64(74)66-56(55-75-65-63(73)62(72)61(71)59(54-67)76-65)60(70)57(68)52-50-48-46-44-42-14-12-10-8-6-4-2/h25-26,28-29,44,46,56-63,65,67-73H,3-24,27,30-43,45,47-55H2,1-2H3,(H,66,74)/b26-25-,29-28-,46-44+. The van der Waals surface area contributed by atoms with E-state index in [-0.39, 0.29) is 12.8 Å². The Morgan fingerprint density at radius 1 is 0.461 bits per heavy atom. The molecule has 0 radical (unpaired) electrons. The summed E-state index contributed by atoms with van der Waals surface area (Å²) in [6.45, 7) is 3.43. The Kier molecular flexibility index (Phi) is 51.3. The van der Waals surface area contributed by atoms with E-state index < -0.39 is 74.2 Å². The number of aliphatic hydroxyl groups is 7. The molecule has 0 bridgehead atoms. The summed E-state index contributed by atoms with van der Waals surface area (Å²) in [6, 6.07) is -1.18. The predicted molar refractivity (Wildman–Crippen MR) is 316 cm³/mol. The highest BCUT2D eigenvalue weighted by molar-refractivity contribution is 5.80. The van der Waals surface area contributed by atoms with E-state index in [1.165, 1.54) is 218 Å². The van der Waals surface area contributed by atoms with Gasteiger partial charge in [-0.15, -0.1) is 0 Å². The number of amides is 1. The van der Waals surface area contributed by atoms with Crippen LogP contribution in [0, 0.1) is 0 Å². The summed E-state index contributed by atoms with van der Waals surface area (Å²) in [5, 5.41) is 75.9. The molecule has 0 aromatic heterocycles. The maximum absolute atomic E-state index is 13.2. The number of nitrogens with one attached hydrogen (secondary N) is 1. The van der Waals surface area contributed by atoms with Gasteiger partial charge in [0.15, 0.2) is 6.29 Å². The number of aliphatic hydroxyl groups excluding tert-OH is 7. The maximum Gasteiger partial charge on any atom is 0.249 e. The number of unbranched alkanes of at least 4 members (excludes halogenated alkanes) is 38. The first-order valence-electron chi connectivity index (χ1n) is 32.4. The molecule has 11 heteroatoms. The molecular formula is C65H123NO10. The van der Waals surface area contributed by atoms with E-state index in [2.05, 4.69) is 55.6 Å². The van der Waals surface area contributed by atoms with Crippen LogP contribution in [0.3, 0.4) is 0 Å².